The van der Waals surface area contributed by atoms with Crippen LogP contribution in [0.5, 0.6) is 0 Å². The van der Waals surface area contributed by atoms with Crippen LogP contribution in [0, 0.1) is 0 Å². The first kappa shape index (κ1) is 13.9. The summed E-state index contributed by atoms with van der Waals surface area (Å²) >= 11 is 0. The Morgan fingerprint density at radius 1 is 1.50 bits per heavy atom. The summed E-state index contributed by atoms with van der Waals surface area (Å²) in [6.07, 6.45) is 1.09. The van der Waals surface area contributed by atoms with Crippen molar-refractivity contribution >= 4 is 5.97 Å². The number of hydrogen-bond donors (Lipinski definition) is 1. The van der Waals surface area contributed by atoms with E-state index >= 15 is 0 Å². The molecule has 0 unspecified atom stereocenters. The largest absolute Gasteiger partial charge is 0.481 e. The van der Waals surface area contributed by atoms with Gasteiger partial charge in [-0.05, 0) is 6.42 Å². The molecule has 0 heterocycles. The van der Waals surface area contributed by atoms with E-state index in [2.05, 4.69) is 13.8 Å². The highest BCUT2D eigenvalue weighted by Gasteiger charge is 1.88. The van der Waals surface area contributed by atoms with Gasteiger partial charge in [0.25, 0.3) is 5.97 Å². The predicted molar refractivity (Wildman–Crippen MR) is 47.9 cm³/mol. The lowest BCUT2D eigenvalue weighted by atomic mass is 10.5. The zero-order valence-corrected chi connectivity index (χ0v) is 8.33. The molecular weight excluding hydrogens is 158 g/mol. The van der Waals surface area contributed by atoms with Crippen LogP contribution in [-0.2, 0) is 9.63 Å². The number of rotatable bonds is 4. The van der Waals surface area contributed by atoms with Crippen LogP contribution in [0.15, 0.2) is 0 Å². The maximum atomic E-state index is 9.00. The number of carboxylic acid groups (broad SMARTS) is 1. The van der Waals surface area contributed by atoms with Crippen molar-refractivity contribution in [1.29, 1.82) is 0 Å². The van der Waals surface area contributed by atoms with Gasteiger partial charge in [-0.1, -0.05) is 13.8 Å². The lowest BCUT2D eigenvalue weighted by molar-refractivity contribution is -0.135. The summed E-state index contributed by atoms with van der Waals surface area (Å²) in [5, 5.41) is 9.25. The van der Waals surface area contributed by atoms with Crippen LogP contribution in [0.1, 0.15) is 27.2 Å². The molecule has 4 nitrogen and oxygen atoms in total. The summed E-state index contributed by atoms with van der Waals surface area (Å²) in [6.45, 7) is 7.05. The van der Waals surface area contributed by atoms with Crippen LogP contribution < -0.4 is 0 Å². The van der Waals surface area contributed by atoms with E-state index in [1.54, 1.807) is 0 Å². The number of hydrogen-bond acceptors (Lipinski definition) is 3. The Kier molecular flexibility index (Phi) is 12.1. The fourth-order valence-corrected chi connectivity index (χ4v) is 0.338. The first-order valence-corrected chi connectivity index (χ1v) is 4.08. The molecule has 0 aromatic heterocycles. The highest BCUT2D eigenvalue weighted by Crippen LogP contribution is 1.84. The van der Waals surface area contributed by atoms with Gasteiger partial charge in [-0.15, -0.1) is 0 Å². The van der Waals surface area contributed by atoms with Gasteiger partial charge in [0, 0.05) is 20.5 Å². The summed E-state index contributed by atoms with van der Waals surface area (Å²) in [6, 6.07) is 0. The van der Waals surface area contributed by atoms with Crippen LogP contribution in [-0.4, -0.2) is 36.3 Å². The average molecular weight is 177 g/mol. The molecule has 0 aromatic carbocycles. The summed E-state index contributed by atoms with van der Waals surface area (Å²) in [7, 11) is 1.94. The zero-order chi connectivity index (χ0) is 9.98. The fourth-order valence-electron chi connectivity index (χ4n) is 0.338. The maximum Gasteiger partial charge on any atom is 0.300 e. The molecule has 0 bridgehead atoms. The van der Waals surface area contributed by atoms with Crippen LogP contribution >= 0.6 is 0 Å². The van der Waals surface area contributed by atoms with Crippen molar-refractivity contribution < 1.29 is 14.7 Å². The first-order valence-electron chi connectivity index (χ1n) is 4.08. The van der Waals surface area contributed by atoms with Gasteiger partial charge in [0.1, 0.15) is 0 Å². The molecule has 4 heteroatoms. The van der Waals surface area contributed by atoms with Gasteiger partial charge >= 0.3 is 0 Å². The molecule has 0 aromatic rings. The molecule has 0 spiro atoms. The van der Waals surface area contributed by atoms with E-state index in [0.717, 1.165) is 26.5 Å². The molecular formula is C8H19NO3. The number of nitrogens with zero attached hydrogens (tertiary/aromatic N) is 1. The second-order valence-electron chi connectivity index (χ2n) is 2.30. The van der Waals surface area contributed by atoms with E-state index in [-0.39, 0.29) is 0 Å². The number of carboxylic acids is 1. The molecule has 0 saturated carbocycles. The van der Waals surface area contributed by atoms with Gasteiger partial charge in [0.15, 0.2) is 0 Å². The maximum absolute atomic E-state index is 9.00. The Hall–Kier alpha value is -0.610. The smallest absolute Gasteiger partial charge is 0.300 e. The lowest BCUT2D eigenvalue weighted by Crippen LogP contribution is -2.18. The molecule has 0 amide bonds. The topological polar surface area (TPSA) is 49.8 Å². The minimum Gasteiger partial charge on any atom is -0.481 e. The molecule has 0 atom stereocenters. The highest BCUT2D eigenvalue weighted by atomic mass is 16.7. The summed E-state index contributed by atoms with van der Waals surface area (Å²) in [5.74, 6) is -0.833. The number of aliphatic carboxylic acids is 1. The minimum absolute atomic E-state index is 0.833. The summed E-state index contributed by atoms with van der Waals surface area (Å²) in [5.41, 5.74) is 0. The van der Waals surface area contributed by atoms with Gasteiger partial charge in [0.05, 0.1) is 6.61 Å². The number of hydroxylamine groups is 2. The predicted octanol–water partition coefficient (Wildman–Crippen LogP) is 1.37. The molecule has 0 aliphatic carbocycles. The normalized spacial score (nSPS) is 9.08. The van der Waals surface area contributed by atoms with Crippen molar-refractivity contribution in [1.82, 2.24) is 5.06 Å². The second kappa shape index (κ2) is 10.4. The Morgan fingerprint density at radius 2 is 1.92 bits per heavy atom. The van der Waals surface area contributed by atoms with Crippen molar-refractivity contribution in [2.75, 3.05) is 20.2 Å². The molecule has 0 fully saturated rings. The van der Waals surface area contributed by atoms with Gasteiger partial charge < -0.3 is 5.11 Å². The standard InChI is InChI=1S/C6H15NO.C2H4O2/c1-4-6-8-7(3)5-2;1-2(3)4/h4-6H2,1-3H3;1H3,(H,3,4). The molecule has 0 aliphatic rings. The second-order valence-corrected chi connectivity index (χ2v) is 2.30. The van der Waals surface area contributed by atoms with Crippen molar-refractivity contribution in [3.63, 3.8) is 0 Å². The summed E-state index contributed by atoms with van der Waals surface area (Å²) < 4.78 is 0. The SMILES string of the molecule is CC(=O)O.CCCON(C)CC. The molecule has 1 N–H and O–H groups in total. The molecule has 0 aliphatic heterocycles. The highest BCUT2D eigenvalue weighted by molar-refractivity contribution is 5.62. The molecule has 0 radical (unpaired) electrons. The first-order chi connectivity index (χ1) is 5.54. The van der Waals surface area contributed by atoms with Gasteiger partial charge in [-0.2, -0.15) is 5.06 Å². The van der Waals surface area contributed by atoms with E-state index in [1.165, 1.54) is 0 Å². The third-order valence-electron chi connectivity index (χ3n) is 0.961. The van der Waals surface area contributed by atoms with Crippen LogP contribution in [0.25, 0.3) is 0 Å². The van der Waals surface area contributed by atoms with E-state index in [9.17, 15) is 0 Å². The molecule has 0 saturated heterocycles. The molecule has 12 heavy (non-hydrogen) atoms. The van der Waals surface area contributed by atoms with Crippen molar-refractivity contribution in [3.8, 4) is 0 Å². The monoisotopic (exact) mass is 177 g/mol. The van der Waals surface area contributed by atoms with Crippen molar-refractivity contribution in [2.45, 2.75) is 27.2 Å². The van der Waals surface area contributed by atoms with Crippen LogP contribution in [0.3, 0.4) is 0 Å². The van der Waals surface area contributed by atoms with Crippen molar-refractivity contribution in [2.24, 2.45) is 0 Å². The van der Waals surface area contributed by atoms with Gasteiger partial charge in [-0.3, -0.25) is 9.63 Å². The summed E-state index contributed by atoms with van der Waals surface area (Å²) in [4.78, 5) is 14.2. The molecule has 0 rings (SSSR count). The van der Waals surface area contributed by atoms with Gasteiger partial charge in [-0.25, -0.2) is 0 Å². The van der Waals surface area contributed by atoms with E-state index in [0.29, 0.717) is 0 Å². The minimum atomic E-state index is -0.833. The number of carbonyl (C=O) groups is 1. The van der Waals surface area contributed by atoms with Crippen LogP contribution in [0.2, 0.25) is 0 Å². The zero-order valence-electron chi connectivity index (χ0n) is 8.33. The third kappa shape index (κ3) is 22.8. The third-order valence-corrected chi connectivity index (χ3v) is 0.961. The quantitative estimate of drug-likeness (QED) is 0.659. The Balaban J connectivity index is 0. The van der Waals surface area contributed by atoms with E-state index < -0.39 is 5.97 Å². The Morgan fingerprint density at radius 3 is 2.17 bits per heavy atom. The Labute approximate surface area is 74.1 Å². The van der Waals surface area contributed by atoms with E-state index in [1.807, 2.05) is 12.1 Å². The van der Waals surface area contributed by atoms with E-state index in [4.69, 9.17) is 14.7 Å². The average Bonchev–Trinajstić information content (AvgIpc) is 1.99. The van der Waals surface area contributed by atoms with Gasteiger partial charge in [0.2, 0.25) is 0 Å². The molecule has 74 valence electrons. The fraction of sp³-hybridized carbons (Fsp3) is 0.875. The lowest BCUT2D eigenvalue weighted by Gasteiger charge is -2.12. The van der Waals surface area contributed by atoms with Crippen LogP contribution in [0.4, 0.5) is 0 Å². The Bertz CT molecular complexity index is 102. The van der Waals surface area contributed by atoms with Crippen molar-refractivity contribution in [3.05, 3.63) is 0 Å².